The predicted molar refractivity (Wildman–Crippen MR) is 109 cm³/mol. The SMILES string of the molecule is CCC(C)N(Cc1ccccc1)C(=O)CCn1c(=O)n(C)c2ccccc21. The van der Waals surface area contributed by atoms with Gasteiger partial charge in [0.25, 0.3) is 0 Å². The third-order valence-corrected chi connectivity index (χ3v) is 5.24. The molecule has 0 fully saturated rings. The number of carbonyl (C=O) groups excluding carboxylic acids is 1. The molecule has 2 aromatic carbocycles. The number of aryl methyl sites for hydroxylation is 2. The van der Waals surface area contributed by atoms with Gasteiger partial charge in [-0.3, -0.25) is 13.9 Å². The van der Waals surface area contributed by atoms with E-state index in [4.69, 9.17) is 0 Å². The molecule has 0 saturated carbocycles. The van der Waals surface area contributed by atoms with Gasteiger partial charge in [-0.25, -0.2) is 4.79 Å². The van der Waals surface area contributed by atoms with Crippen LogP contribution in [0.3, 0.4) is 0 Å². The zero-order valence-corrected chi connectivity index (χ0v) is 16.3. The van der Waals surface area contributed by atoms with Gasteiger partial charge in [-0.2, -0.15) is 0 Å². The van der Waals surface area contributed by atoms with E-state index in [1.807, 2.05) is 59.5 Å². The van der Waals surface area contributed by atoms with Crippen LogP contribution in [0.1, 0.15) is 32.3 Å². The molecular formula is C22H27N3O2. The van der Waals surface area contributed by atoms with E-state index in [1.165, 1.54) is 0 Å². The van der Waals surface area contributed by atoms with Crippen molar-refractivity contribution in [1.29, 1.82) is 0 Å². The summed E-state index contributed by atoms with van der Waals surface area (Å²) < 4.78 is 3.33. The molecule has 0 spiro atoms. The Balaban J connectivity index is 1.79. The Morgan fingerprint density at radius 2 is 1.67 bits per heavy atom. The third kappa shape index (κ3) is 3.97. The first-order valence-corrected chi connectivity index (χ1v) is 9.50. The normalized spacial score (nSPS) is 12.3. The van der Waals surface area contributed by atoms with Gasteiger partial charge in [-0.1, -0.05) is 49.4 Å². The zero-order chi connectivity index (χ0) is 19.4. The summed E-state index contributed by atoms with van der Waals surface area (Å²) in [5, 5.41) is 0. The number of imidazole rings is 1. The minimum atomic E-state index is -0.0813. The van der Waals surface area contributed by atoms with E-state index in [0.717, 1.165) is 23.0 Å². The average molecular weight is 365 g/mol. The summed E-state index contributed by atoms with van der Waals surface area (Å²) in [6.07, 6.45) is 1.21. The van der Waals surface area contributed by atoms with Crippen molar-refractivity contribution in [2.45, 2.75) is 45.8 Å². The maximum absolute atomic E-state index is 13.0. The van der Waals surface area contributed by atoms with Gasteiger partial charge in [-0.05, 0) is 31.0 Å². The first-order chi connectivity index (χ1) is 13.0. The van der Waals surface area contributed by atoms with E-state index in [2.05, 4.69) is 13.8 Å². The van der Waals surface area contributed by atoms with Gasteiger partial charge in [0, 0.05) is 32.6 Å². The topological polar surface area (TPSA) is 47.2 Å². The lowest BCUT2D eigenvalue weighted by Gasteiger charge is -2.29. The van der Waals surface area contributed by atoms with Gasteiger partial charge in [0.15, 0.2) is 0 Å². The summed E-state index contributed by atoms with van der Waals surface area (Å²) in [4.78, 5) is 27.5. The Morgan fingerprint density at radius 3 is 2.33 bits per heavy atom. The van der Waals surface area contributed by atoms with Crippen molar-refractivity contribution in [3.05, 3.63) is 70.6 Å². The van der Waals surface area contributed by atoms with Crippen LogP contribution < -0.4 is 5.69 Å². The Labute approximate surface area is 159 Å². The maximum atomic E-state index is 13.0. The second-order valence-electron chi connectivity index (χ2n) is 7.00. The fourth-order valence-corrected chi connectivity index (χ4v) is 3.42. The molecule has 0 saturated heterocycles. The monoisotopic (exact) mass is 365 g/mol. The first-order valence-electron chi connectivity index (χ1n) is 9.50. The van der Waals surface area contributed by atoms with Crippen LogP contribution in [0, 0.1) is 0 Å². The number of hydrogen-bond acceptors (Lipinski definition) is 2. The van der Waals surface area contributed by atoms with Crippen LogP contribution in [-0.2, 0) is 24.9 Å². The molecule has 0 aliphatic carbocycles. The molecule has 0 aliphatic rings. The van der Waals surface area contributed by atoms with E-state index in [-0.39, 0.29) is 17.6 Å². The van der Waals surface area contributed by atoms with Crippen molar-refractivity contribution in [2.75, 3.05) is 0 Å². The number of fused-ring (bicyclic) bond motifs is 1. The lowest BCUT2D eigenvalue weighted by molar-refractivity contribution is -0.134. The number of amides is 1. The van der Waals surface area contributed by atoms with Crippen LogP contribution in [0.25, 0.3) is 11.0 Å². The first kappa shape index (κ1) is 19.0. The van der Waals surface area contributed by atoms with Crippen molar-refractivity contribution in [1.82, 2.24) is 14.0 Å². The molecule has 5 nitrogen and oxygen atoms in total. The standard InChI is InChI=1S/C22H27N3O2/c1-4-17(2)25(16-18-10-6-5-7-11-18)21(26)14-15-24-20-13-9-8-12-19(20)23(3)22(24)27/h5-13,17H,4,14-16H2,1-3H3. The molecule has 142 valence electrons. The molecule has 0 N–H and O–H groups in total. The summed E-state index contributed by atoms with van der Waals surface area (Å²) in [6.45, 7) is 5.15. The largest absolute Gasteiger partial charge is 0.336 e. The number of carbonyl (C=O) groups is 1. The quantitative estimate of drug-likeness (QED) is 0.643. The van der Waals surface area contributed by atoms with Crippen molar-refractivity contribution in [3.63, 3.8) is 0 Å². The van der Waals surface area contributed by atoms with Crippen molar-refractivity contribution in [2.24, 2.45) is 7.05 Å². The average Bonchev–Trinajstić information content (AvgIpc) is 2.95. The van der Waals surface area contributed by atoms with Crippen LogP contribution in [0.2, 0.25) is 0 Å². The van der Waals surface area contributed by atoms with Gasteiger partial charge in [0.2, 0.25) is 5.91 Å². The minimum Gasteiger partial charge on any atom is -0.336 e. The van der Waals surface area contributed by atoms with E-state index in [0.29, 0.717) is 19.5 Å². The van der Waals surface area contributed by atoms with Crippen LogP contribution in [-0.4, -0.2) is 26.0 Å². The number of aromatic nitrogens is 2. The number of para-hydroxylation sites is 2. The van der Waals surface area contributed by atoms with Crippen molar-refractivity contribution >= 4 is 16.9 Å². The number of hydrogen-bond donors (Lipinski definition) is 0. The Morgan fingerprint density at radius 1 is 1.04 bits per heavy atom. The molecule has 27 heavy (non-hydrogen) atoms. The highest BCUT2D eigenvalue weighted by Crippen LogP contribution is 2.15. The molecule has 5 heteroatoms. The van der Waals surface area contributed by atoms with Crippen LogP contribution >= 0.6 is 0 Å². The fourth-order valence-electron chi connectivity index (χ4n) is 3.42. The Hall–Kier alpha value is -2.82. The molecule has 1 atom stereocenters. The molecule has 3 aromatic rings. The number of rotatable bonds is 7. The van der Waals surface area contributed by atoms with Gasteiger partial charge in [0.1, 0.15) is 0 Å². The van der Waals surface area contributed by atoms with Crippen LogP contribution in [0.15, 0.2) is 59.4 Å². The van der Waals surface area contributed by atoms with Crippen molar-refractivity contribution < 1.29 is 4.79 Å². The number of nitrogens with zero attached hydrogens (tertiary/aromatic N) is 3. The van der Waals surface area contributed by atoms with E-state index in [9.17, 15) is 9.59 Å². The Bertz CT molecular complexity index is 972. The lowest BCUT2D eigenvalue weighted by Crippen LogP contribution is -2.38. The van der Waals surface area contributed by atoms with Crippen LogP contribution in [0.4, 0.5) is 0 Å². The highest BCUT2D eigenvalue weighted by Gasteiger charge is 2.20. The lowest BCUT2D eigenvalue weighted by atomic mass is 10.1. The molecule has 1 amide bonds. The second-order valence-corrected chi connectivity index (χ2v) is 7.00. The molecule has 0 aliphatic heterocycles. The maximum Gasteiger partial charge on any atom is 0.328 e. The van der Waals surface area contributed by atoms with Crippen molar-refractivity contribution in [3.8, 4) is 0 Å². The zero-order valence-electron chi connectivity index (χ0n) is 16.3. The van der Waals surface area contributed by atoms with E-state index >= 15 is 0 Å². The molecule has 0 radical (unpaired) electrons. The molecule has 1 unspecified atom stereocenters. The molecule has 3 rings (SSSR count). The summed E-state index contributed by atoms with van der Waals surface area (Å²) >= 11 is 0. The van der Waals surface area contributed by atoms with Gasteiger partial charge in [-0.15, -0.1) is 0 Å². The summed E-state index contributed by atoms with van der Waals surface area (Å²) in [6, 6.07) is 17.9. The molecule has 1 aromatic heterocycles. The van der Waals surface area contributed by atoms with Gasteiger partial charge >= 0.3 is 5.69 Å². The molecular weight excluding hydrogens is 338 g/mol. The smallest absolute Gasteiger partial charge is 0.328 e. The van der Waals surface area contributed by atoms with Crippen LogP contribution in [0.5, 0.6) is 0 Å². The van der Waals surface area contributed by atoms with Gasteiger partial charge < -0.3 is 4.90 Å². The highest BCUT2D eigenvalue weighted by molar-refractivity contribution is 5.78. The van der Waals surface area contributed by atoms with Gasteiger partial charge in [0.05, 0.1) is 11.0 Å². The number of benzene rings is 2. The fraction of sp³-hybridized carbons (Fsp3) is 0.364. The summed E-state index contributed by atoms with van der Waals surface area (Å²) in [5.74, 6) is 0.0769. The summed E-state index contributed by atoms with van der Waals surface area (Å²) in [5.41, 5.74) is 2.80. The third-order valence-electron chi connectivity index (χ3n) is 5.24. The minimum absolute atomic E-state index is 0.0769. The van der Waals surface area contributed by atoms with E-state index < -0.39 is 0 Å². The highest BCUT2D eigenvalue weighted by atomic mass is 16.2. The molecule has 1 heterocycles. The summed E-state index contributed by atoms with van der Waals surface area (Å²) in [7, 11) is 1.77. The Kier molecular flexibility index (Phi) is 5.79. The second kappa shape index (κ2) is 8.25. The molecule has 0 bridgehead atoms. The predicted octanol–water partition coefficient (Wildman–Crippen LogP) is 3.56. The van der Waals surface area contributed by atoms with E-state index in [1.54, 1.807) is 16.2 Å².